The van der Waals surface area contributed by atoms with Crippen molar-refractivity contribution in [2.75, 3.05) is 27.3 Å². The number of carbonyl (C=O) groups is 6. The first-order chi connectivity index (χ1) is 31.0. The number of nitrogens with one attached hydrogen (secondary N) is 4. The summed E-state index contributed by atoms with van der Waals surface area (Å²) in [6.45, 7) is 5.04. The number of ether oxygens (including phenoxy) is 2. The standard InChI is InChI=1S/C25H36N2O5.C23H32N2O5.C2H6/c1-32-19-12-13-20(21(14-19)25(30)31)22(23(28)26-15-17-8-4-2-5-9-17)24(29)27-16-18-10-6-3-7-11-18;1-30-17-12-13-18(19(14-17)23(28)29)20(21(26)24-15-8-4-2-5-9-15)22(27)25-16-10-6-3-7-11-16;1-2/h12-14,17-18,22H,2-11,15-16H2,1H3,(H,26,28)(H,27,29)(H,30,31);12-16,20H,2-11H2,1H3,(H,24,26)(H,25,27)(H,28,29);1-2H3. The van der Waals surface area contributed by atoms with Gasteiger partial charge in [0.1, 0.15) is 23.3 Å². The van der Waals surface area contributed by atoms with E-state index in [0.29, 0.717) is 36.4 Å². The van der Waals surface area contributed by atoms with Gasteiger partial charge < -0.3 is 41.0 Å². The topological polar surface area (TPSA) is 209 Å². The molecule has 4 saturated carbocycles. The lowest BCUT2D eigenvalue weighted by atomic mass is 9.88. The van der Waals surface area contributed by atoms with E-state index in [9.17, 15) is 39.0 Å². The second-order valence-corrected chi connectivity index (χ2v) is 17.6. The number of carboxylic acids is 2. The Bertz CT molecular complexity index is 1760. The number of hydrogen-bond donors (Lipinski definition) is 6. The molecule has 4 amide bonds. The van der Waals surface area contributed by atoms with E-state index >= 15 is 0 Å². The van der Waals surface area contributed by atoms with Crippen LogP contribution in [0.1, 0.15) is 186 Å². The van der Waals surface area contributed by atoms with Crippen molar-refractivity contribution in [3.8, 4) is 11.5 Å². The van der Waals surface area contributed by atoms with Gasteiger partial charge in [0.25, 0.3) is 0 Å². The summed E-state index contributed by atoms with van der Waals surface area (Å²) >= 11 is 0. The zero-order chi connectivity index (χ0) is 46.4. The van der Waals surface area contributed by atoms with E-state index in [1.807, 2.05) is 13.8 Å². The zero-order valence-electron chi connectivity index (χ0n) is 38.6. The van der Waals surface area contributed by atoms with E-state index in [2.05, 4.69) is 21.3 Å². The quantitative estimate of drug-likeness (QED) is 0.0889. The Kier molecular flexibility index (Phi) is 21.9. The van der Waals surface area contributed by atoms with Crippen molar-refractivity contribution in [2.45, 2.75) is 166 Å². The first kappa shape index (κ1) is 51.5. The largest absolute Gasteiger partial charge is 0.497 e. The fraction of sp³-hybridized carbons (Fsp3) is 0.640. The third-order valence-electron chi connectivity index (χ3n) is 13.1. The number of hydrogen-bond acceptors (Lipinski definition) is 8. The summed E-state index contributed by atoms with van der Waals surface area (Å²) in [4.78, 5) is 76.7. The molecule has 0 heterocycles. The summed E-state index contributed by atoms with van der Waals surface area (Å²) < 4.78 is 10.3. The van der Waals surface area contributed by atoms with Crippen molar-refractivity contribution in [3.05, 3.63) is 58.7 Å². The predicted molar refractivity (Wildman–Crippen MR) is 246 cm³/mol. The third-order valence-corrected chi connectivity index (χ3v) is 13.1. The Hall–Kier alpha value is -5.14. The highest BCUT2D eigenvalue weighted by molar-refractivity contribution is 6.09. The summed E-state index contributed by atoms with van der Waals surface area (Å²) in [5, 5.41) is 31.4. The molecule has 0 spiro atoms. The van der Waals surface area contributed by atoms with Crippen molar-refractivity contribution < 1.29 is 48.5 Å². The molecule has 4 aliphatic rings. The second-order valence-electron chi connectivity index (χ2n) is 17.6. The molecular formula is C50H74N4O10. The molecule has 0 radical (unpaired) electrons. The average molecular weight is 891 g/mol. The highest BCUT2D eigenvalue weighted by Gasteiger charge is 2.36. The van der Waals surface area contributed by atoms with E-state index in [-0.39, 0.29) is 34.3 Å². The summed E-state index contributed by atoms with van der Waals surface area (Å²) in [6.07, 6.45) is 21.4. The maximum atomic E-state index is 13.2. The summed E-state index contributed by atoms with van der Waals surface area (Å²) in [7, 11) is 2.90. The Balaban J connectivity index is 0.000000271. The number of amides is 4. The summed E-state index contributed by atoms with van der Waals surface area (Å²) in [6, 6.07) is 9.03. The van der Waals surface area contributed by atoms with E-state index in [4.69, 9.17) is 9.47 Å². The number of rotatable bonds is 16. The van der Waals surface area contributed by atoms with Gasteiger partial charge in [0.15, 0.2) is 0 Å². The normalized spacial score (nSPS) is 17.4. The van der Waals surface area contributed by atoms with Gasteiger partial charge in [-0.1, -0.05) is 103 Å². The highest BCUT2D eigenvalue weighted by atomic mass is 16.5. The van der Waals surface area contributed by atoms with Gasteiger partial charge in [-0.2, -0.15) is 0 Å². The zero-order valence-corrected chi connectivity index (χ0v) is 38.6. The molecule has 354 valence electrons. The number of methoxy groups -OCH3 is 2. The van der Waals surface area contributed by atoms with E-state index < -0.39 is 47.4 Å². The van der Waals surface area contributed by atoms with Gasteiger partial charge in [-0.25, -0.2) is 9.59 Å². The molecule has 64 heavy (non-hydrogen) atoms. The minimum atomic E-state index is -1.21. The molecule has 4 aliphatic carbocycles. The van der Waals surface area contributed by atoms with Crippen LogP contribution in [-0.4, -0.2) is 85.2 Å². The van der Waals surface area contributed by atoms with Gasteiger partial charge in [-0.05, 0) is 98.6 Å². The van der Waals surface area contributed by atoms with Crippen LogP contribution in [0.25, 0.3) is 0 Å². The smallest absolute Gasteiger partial charge is 0.336 e. The Labute approximate surface area is 379 Å². The molecule has 0 atom stereocenters. The molecule has 14 nitrogen and oxygen atoms in total. The first-order valence-electron chi connectivity index (χ1n) is 24.0. The van der Waals surface area contributed by atoms with Crippen LogP contribution < -0.4 is 30.7 Å². The molecule has 6 N–H and O–H groups in total. The molecule has 6 rings (SSSR count). The van der Waals surface area contributed by atoms with Gasteiger partial charge in [-0.3, -0.25) is 19.2 Å². The molecule has 0 saturated heterocycles. The van der Waals surface area contributed by atoms with Crippen molar-refractivity contribution >= 4 is 35.6 Å². The summed E-state index contributed by atoms with van der Waals surface area (Å²) in [5.74, 6) is -4.97. The van der Waals surface area contributed by atoms with Crippen LogP contribution in [0.15, 0.2) is 36.4 Å². The fourth-order valence-corrected chi connectivity index (χ4v) is 9.54. The van der Waals surface area contributed by atoms with Crippen molar-refractivity contribution in [1.82, 2.24) is 21.3 Å². The molecule has 0 bridgehead atoms. The maximum absolute atomic E-state index is 13.2. The van der Waals surface area contributed by atoms with E-state index in [1.165, 1.54) is 51.3 Å². The number of carboxylic acid groups (broad SMARTS) is 2. The van der Waals surface area contributed by atoms with Crippen LogP contribution in [0.5, 0.6) is 11.5 Å². The second kappa shape index (κ2) is 27.2. The molecule has 2 aromatic carbocycles. The third kappa shape index (κ3) is 15.5. The van der Waals surface area contributed by atoms with Crippen molar-refractivity contribution in [1.29, 1.82) is 0 Å². The van der Waals surface area contributed by atoms with Gasteiger partial charge >= 0.3 is 11.9 Å². The van der Waals surface area contributed by atoms with Gasteiger partial charge in [-0.15, -0.1) is 0 Å². The van der Waals surface area contributed by atoms with Crippen LogP contribution in [0, 0.1) is 11.8 Å². The van der Waals surface area contributed by atoms with E-state index in [0.717, 1.165) is 116 Å². The molecule has 4 fully saturated rings. The minimum Gasteiger partial charge on any atom is -0.497 e. The fourth-order valence-electron chi connectivity index (χ4n) is 9.54. The Morgan fingerprint density at radius 1 is 0.500 bits per heavy atom. The molecule has 0 aromatic heterocycles. The SMILES string of the molecule is CC.COc1ccc(C(C(=O)NC2CCCCC2)C(=O)NC2CCCCC2)c(C(=O)O)c1.COc1ccc(C(C(=O)NCC2CCCCC2)C(=O)NCC2CCCCC2)c(C(=O)O)c1. The number of carbonyl (C=O) groups excluding carboxylic acids is 4. The van der Waals surface area contributed by atoms with Gasteiger partial charge in [0, 0.05) is 25.2 Å². The van der Waals surface area contributed by atoms with Crippen molar-refractivity contribution in [2.24, 2.45) is 11.8 Å². The molecule has 0 unspecified atom stereocenters. The Morgan fingerprint density at radius 3 is 1.12 bits per heavy atom. The maximum Gasteiger partial charge on any atom is 0.336 e. The van der Waals surface area contributed by atoms with E-state index in [1.54, 1.807) is 12.1 Å². The number of benzene rings is 2. The summed E-state index contributed by atoms with van der Waals surface area (Å²) in [5.41, 5.74) is 0.220. The molecule has 0 aliphatic heterocycles. The van der Waals surface area contributed by atoms with Gasteiger partial charge in [0.2, 0.25) is 23.6 Å². The number of aromatic carboxylic acids is 2. The molecular weight excluding hydrogens is 817 g/mol. The van der Waals surface area contributed by atoms with Crippen LogP contribution in [0.4, 0.5) is 0 Å². The minimum absolute atomic E-state index is 0.0303. The lowest BCUT2D eigenvalue weighted by Crippen LogP contribution is -2.47. The molecule has 14 heteroatoms. The van der Waals surface area contributed by atoms with Crippen LogP contribution in [0.2, 0.25) is 0 Å². The molecule has 2 aromatic rings. The van der Waals surface area contributed by atoms with Crippen LogP contribution >= 0.6 is 0 Å². The Morgan fingerprint density at radius 2 is 0.812 bits per heavy atom. The van der Waals surface area contributed by atoms with Gasteiger partial charge in [0.05, 0.1) is 25.3 Å². The monoisotopic (exact) mass is 891 g/mol. The van der Waals surface area contributed by atoms with Crippen molar-refractivity contribution in [3.63, 3.8) is 0 Å². The van der Waals surface area contributed by atoms with Crippen LogP contribution in [0.3, 0.4) is 0 Å². The average Bonchev–Trinajstić information content (AvgIpc) is 3.32. The lowest BCUT2D eigenvalue weighted by Gasteiger charge is -2.28. The van der Waals surface area contributed by atoms with Crippen LogP contribution in [-0.2, 0) is 19.2 Å². The highest BCUT2D eigenvalue weighted by Crippen LogP contribution is 2.30. The first-order valence-corrected chi connectivity index (χ1v) is 24.0. The lowest BCUT2D eigenvalue weighted by molar-refractivity contribution is -0.134. The predicted octanol–water partition coefficient (Wildman–Crippen LogP) is 8.27.